The van der Waals surface area contributed by atoms with Crippen LogP contribution in [0, 0.1) is 5.92 Å². The number of nitrogens with one attached hydrogen (secondary N) is 1. The second-order valence-electron chi connectivity index (χ2n) is 6.40. The number of rotatable bonds is 4. The summed E-state index contributed by atoms with van der Waals surface area (Å²) in [4.78, 5) is 25.3. The van der Waals surface area contributed by atoms with Gasteiger partial charge < -0.3 is 9.88 Å². The number of hydrogen-bond donors (Lipinski definition) is 1. The van der Waals surface area contributed by atoms with E-state index < -0.39 is 35.5 Å². The number of benzene rings is 1. The summed E-state index contributed by atoms with van der Waals surface area (Å²) in [5.74, 6) is -2.08. The van der Waals surface area contributed by atoms with Gasteiger partial charge in [-0.2, -0.15) is 23.3 Å². The van der Waals surface area contributed by atoms with Gasteiger partial charge in [-0.25, -0.2) is 0 Å². The average molecular weight is 394 g/mol. The SMILES string of the molecule is CC1=NN(c2cccc(C(F)(F)F)c2)C(=O)[C@@H]1C(=O)N[C@@H](C)c1nncn1C. The van der Waals surface area contributed by atoms with E-state index >= 15 is 0 Å². The summed E-state index contributed by atoms with van der Waals surface area (Å²) >= 11 is 0. The van der Waals surface area contributed by atoms with Gasteiger partial charge in [0.25, 0.3) is 5.91 Å². The molecule has 0 bridgehead atoms. The molecule has 1 aliphatic rings. The molecule has 2 aromatic rings. The summed E-state index contributed by atoms with van der Waals surface area (Å²) in [5, 5.41) is 15.1. The van der Waals surface area contributed by atoms with Gasteiger partial charge in [0.15, 0.2) is 11.7 Å². The Hall–Kier alpha value is -3.24. The molecule has 0 fully saturated rings. The topological polar surface area (TPSA) is 92.5 Å². The first-order valence-corrected chi connectivity index (χ1v) is 8.30. The zero-order valence-electron chi connectivity index (χ0n) is 15.2. The first-order chi connectivity index (χ1) is 13.1. The van der Waals surface area contributed by atoms with Crippen molar-refractivity contribution >= 4 is 23.2 Å². The maximum absolute atomic E-state index is 12.9. The third-order valence-electron chi connectivity index (χ3n) is 4.30. The Morgan fingerprint density at radius 2 is 2.04 bits per heavy atom. The fourth-order valence-corrected chi connectivity index (χ4v) is 2.91. The molecule has 148 valence electrons. The molecule has 0 aliphatic carbocycles. The first-order valence-electron chi connectivity index (χ1n) is 8.30. The van der Waals surface area contributed by atoms with Gasteiger partial charge in [-0.15, -0.1) is 10.2 Å². The Balaban J connectivity index is 1.79. The van der Waals surface area contributed by atoms with Gasteiger partial charge in [0.05, 0.1) is 23.0 Å². The summed E-state index contributed by atoms with van der Waals surface area (Å²) in [7, 11) is 1.71. The van der Waals surface area contributed by atoms with E-state index in [1.165, 1.54) is 25.4 Å². The number of carbonyl (C=O) groups is 2. The summed E-state index contributed by atoms with van der Waals surface area (Å²) in [6.07, 6.45) is -3.08. The first kappa shape index (κ1) is 19.5. The predicted molar refractivity (Wildman–Crippen MR) is 93.1 cm³/mol. The fourth-order valence-electron chi connectivity index (χ4n) is 2.91. The van der Waals surface area contributed by atoms with Crippen LogP contribution in [0.15, 0.2) is 35.7 Å². The zero-order valence-corrected chi connectivity index (χ0v) is 15.2. The number of hydrazone groups is 1. The molecular formula is C17H17F3N6O2. The Labute approximate surface area is 158 Å². The van der Waals surface area contributed by atoms with Crippen LogP contribution >= 0.6 is 0 Å². The van der Waals surface area contributed by atoms with Crippen molar-refractivity contribution in [1.82, 2.24) is 20.1 Å². The van der Waals surface area contributed by atoms with Gasteiger partial charge in [-0.1, -0.05) is 6.07 Å². The van der Waals surface area contributed by atoms with Crippen LogP contribution in [0.4, 0.5) is 18.9 Å². The van der Waals surface area contributed by atoms with Crippen LogP contribution in [-0.2, 0) is 22.8 Å². The highest BCUT2D eigenvalue weighted by atomic mass is 19.4. The van der Waals surface area contributed by atoms with Crippen LogP contribution < -0.4 is 10.3 Å². The van der Waals surface area contributed by atoms with E-state index in [2.05, 4.69) is 20.6 Å². The van der Waals surface area contributed by atoms with Crippen molar-refractivity contribution in [3.8, 4) is 0 Å². The minimum Gasteiger partial charge on any atom is -0.345 e. The molecule has 2 heterocycles. The van der Waals surface area contributed by atoms with Crippen molar-refractivity contribution in [2.45, 2.75) is 26.1 Å². The highest BCUT2D eigenvalue weighted by Crippen LogP contribution is 2.33. The molecule has 0 unspecified atom stereocenters. The highest BCUT2D eigenvalue weighted by molar-refractivity contribution is 6.26. The lowest BCUT2D eigenvalue weighted by Gasteiger charge is -2.18. The van der Waals surface area contributed by atoms with Crippen LogP contribution in [0.3, 0.4) is 0 Å². The third-order valence-corrected chi connectivity index (χ3v) is 4.30. The molecule has 1 aliphatic heterocycles. The molecule has 3 rings (SSSR count). The molecule has 1 aromatic heterocycles. The minimum atomic E-state index is -4.56. The molecular weight excluding hydrogens is 377 g/mol. The van der Waals surface area contributed by atoms with E-state index in [0.29, 0.717) is 5.82 Å². The van der Waals surface area contributed by atoms with Gasteiger partial charge in [-0.3, -0.25) is 9.59 Å². The van der Waals surface area contributed by atoms with Gasteiger partial charge in [0.1, 0.15) is 6.33 Å². The van der Waals surface area contributed by atoms with Crippen LogP contribution in [0.2, 0.25) is 0 Å². The molecule has 0 spiro atoms. The van der Waals surface area contributed by atoms with E-state index in [1.54, 1.807) is 18.5 Å². The van der Waals surface area contributed by atoms with E-state index in [9.17, 15) is 22.8 Å². The number of nitrogens with zero attached hydrogens (tertiary/aromatic N) is 5. The van der Waals surface area contributed by atoms with Gasteiger partial charge in [0, 0.05) is 7.05 Å². The Morgan fingerprint density at radius 3 is 2.64 bits per heavy atom. The number of anilines is 1. The van der Waals surface area contributed by atoms with Crippen molar-refractivity contribution in [3.05, 3.63) is 42.0 Å². The fraction of sp³-hybridized carbons (Fsp3) is 0.353. The van der Waals surface area contributed by atoms with Gasteiger partial charge in [0.2, 0.25) is 5.91 Å². The molecule has 2 amide bonds. The van der Waals surface area contributed by atoms with E-state index in [0.717, 1.165) is 17.1 Å². The van der Waals surface area contributed by atoms with Crippen LogP contribution in [0.5, 0.6) is 0 Å². The normalized spacial score (nSPS) is 18.2. The zero-order chi connectivity index (χ0) is 20.6. The maximum Gasteiger partial charge on any atom is 0.416 e. The Bertz CT molecular complexity index is 952. The summed E-state index contributed by atoms with van der Waals surface area (Å²) in [6.45, 7) is 3.15. The molecule has 0 saturated carbocycles. The number of aromatic nitrogens is 3. The third kappa shape index (κ3) is 3.59. The smallest absolute Gasteiger partial charge is 0.345 e. The second-order valence-corrected chi connectivity index (χ2v) is 6.40. The Morgan fingerprint density at radius 1 is 1.32 bits per heavy atom. The molecule has 11 heteroatoms. The highest BCUT2D eigenvalue weighted by Gasteiger charge is 2.41. The summed E-state index contributed by atoms with van der Waals surface area (Å²) in [6, 6.07) is 3.69. The molecule has 2 atom stereocenters. The van der Waals surface area contributed by atoms with E-state index in [1.807, 2.05) is 0 Å². The lowest BCUT2D eigenvalue weighted by Crippen LogP contribution is -2.41. The van der Waals surface area contributed by atoms with Crippen molar-refractivity contribution < 1.29 is 22.8 Å². The largest absolute Gasteiger partial charge is 0.416 e. The molecule has 8 nitrogen and oxygen atoms in total. The average Bonchev–Trinajstić information content (AvgIpc) is 3.17. The number of alkyl halides is 3. The van der Waals surface area contributed by atoms with E-state index in [4.69, 9.17) is 0 Å². The quantitative estimate of drug-likeness (QED) is 0.804. The van der Waals surface area contributed by atoms with Gasteiger partial charge in [-0.05, 0) is 32.0 Å². The monoisotopic (exact) mass is 394 g/mol. The van der Waals surface area contributed by atoms with Crippen molar-refractivity contribution in [2.75, 3.05) is 5.01 Å². The summed E-state index contributed by atoms with van der Waals surface area (Å²) < 4.78 is 40.4. The molecule has 1 N–H and O–H groups in total. The lowest BCUT2D eigenvalue weighted by atomic mass is 10.0. The molecule has 28 heavy (non-hydrogen) atoms. The van der Waals surface area contributed by atoms with Crippen LogP contribution in [-0.4, -0.2) is 32.3 Å². The molecule has 1 aromatic carbocycles. The van der Waals surface area contributed by atoms with Crippen molar-refractivity contribution in [3.63, 3.8) is 0 Å². The predicted octanol–water partition coefficient (Wildman–Crippen LogP) is 2.05. The summed E-state index contributed by atoms with van der Waals surface area (Å²) in [5.41, 5.74) is -0.782. The second kappa shape index (κ2) is 7.06. The lowest BCUT2D eigenvalue weighted by molar-refractivity contribution is -0.137. The number of halogens is 3. The number of amides is 2. The number of aryl methyl sites for hydroxylation is 1. The maximum atomic E-state index is 12.9. The Kier molecular flexibility index (Phi) is 4.92. The number of carbonyl (C=O) groups excluding carboxylic acids is 2. The van der Waals surface area contributed by atoms with Crippen LogP contribution in [0.25, 0.3) is 0 Å². The standard InChI is InChI=1S/C17H17F3N6O2/c1-9-13(15(27)22-10(2)14-23-21-8-25(14)3)16(28)26(24-9)12-6-4-5-11(7-12)17(18,19)20/h4-8,10,13H,1-3H3,(H,22,27)/t10-,13-/m0/s1. The molecule has 0 radical (unpaired) electrons. The van der Waals surface area contributed by atoms with Crippen molar-refractivity contribution in [2.24, 2.45) is 18.1 Å². The number of hydrogen-bond acceptors (Lipinski definition) is 5. The van der Waals surface area contributed by atoms with E-state index in [-0.39, 0.29) is 11.4 Å². The van der Waals surface area contributed by atoms with Crippen molar-refractivity contribution in [1.29, 1.82) is 0 Å². The molecule has 0 saturated heterocycles. The van der Waals surface area contributed by atoms with Gasteiger partial charge >= 0.3 is 6.18 Å². The van der Waals surface area contributed by atoms with Crippen LogP contribution in [0.1, 0.15) is 31.3 Å². The minimum absolute atomic E-state index is 0.0594.